The first-order chi connectivity index (χ1) is 12.2. The Hall–Kier alpha value is -2.85. The van der Waals surface area contributed by atoms with Gasteiger partial charge < -0.3 is 9.88 Å². The molecule has 0 spiro atoms. The molecule has 0 radical (unpaired) electrons. The van der Waals surface area contributed by atoms with E-state index in [0.717, 1.165) is 17.7 Å². The quantitative estimate of drug-likeness (QED) is 0.684. The fourth-order valence-corrected chi connectivity index (χ4v) is 2.58. The number of aromatic nitrogens is 2. The molecule has 0 unspecified atom stereocenters. The van der Waals surface area contributed by atoms with Gasteiger partial charge in [0.1, 0.15) is 0 Å². The van der Waals surface area contributed by atoms with E-state index in [2.05, 4.69) is 22.4 Å². The highest BCUT2D eigenvalue weighted by atomic mass is 35.5. The Morgan fingerprint density at radius 2 is 1.96 bits per heavy atom. The maximum atomic E-state index is 11.9. The van der Waals surface area contributed by atoms with Gasteiger partial charge in [0.2, 0.25) is 5.91 Å². The topological polar surface area (TPSA) is 46.9 Å². The van der Waals surface area contributed by atoms with Gasteiger partial charge >= 0.3 is 0 Å². The van der Waals surface area contributed by atoms with E-state index in [-0.39, 0.29) is 5.91 Å². The first-order valence-corrected chi connectivity index (χ1v) is 8.32. The van der Waals surface area contributed by atoms with Crippen molar-refractivity contribution in [2.24, 2.45) is 0 Å². The molecule has 5 heteroatoms. The van der Waals surface area contributed by atoms with Gasteiger partial charge in [0.15, 0.2) is 0 Å². The molecule has 3 aromatic rings. The number of benzene rings is 2. The van der Waals surface area contributed by atoms with Crippen LogP contribution in [0, 0.1) is 0 Å². The number of imidazole rings is 1. The average Bonchev–Trinajstić information content (AvgIpc) is 3.12. The van der Waals surface area contributed by atoms with E-state index in [1.807, 2.05) is 41.1 Å². The zero-order valence-electron chi connectivity index (χ0n) is 13.6. The molecule has 0 aliphatic carbocycles. The minimum absolute atomic E-state index is 0.137. The number of rotatable bonds is 6. The molecule has 0 saturated carbocycles. The highest BCUT2D eigenvalue weighted by Gasteiger charge is 1.99. The molecule has 0 aliphatic rings. The van der Waals surface area contributed by atoms with Crippen LogP contribution >= 0.6 is 11.6 Å². The molecular formula is C20H18ClN3O. The minimum atomic E-state index is -0.137. The molecule has 2 aromatic carbocycles. The summed E-state index contributed by atoms with van der Waals surface area (Å²) in [5, 5.41) is 3.53. The van der Waals surface area contributed by atoms with Crippen LogP contribution in [0.4, 0.5) is 0 Å². The molecule has 0 aliphatic heterocycles. The molecule has 3 rings (SSSR count). The zero-order chi connectivity index (χ0) is 17.5. The number of hydrogen-bond acceptors (Lipinski definition) is 2. The van der Waals surface area contributed by atoms with Crippen LogP contribution < -0.4 is 5.32 Å². The standard InChI is InChI=1S/C20H18ClN3O/c21-19-3-1-2-16(12-19)8-9-20(25)23-13-17-4-6-18(7-5-17)14-24-11-10-22-15-24/h1-12,15H,13-14H2,(H,23,25)/b9-8+. The predicted molar refractivity (Wildman–Crippen MR) is 100 cm³/mol. The third kappa shape index (κ3) is 5.33. The molecule has 1 N–H and O–H groups in total. The summed E-state index contributed by atoms with van der Waals surface area (Å²) < 4.78 is 2.01. The van der Waals surface area contributed by atoms with Gasteiger partial charge in [-0.05, 0) is 34.9 Å². The highest BCUT2D eigenvalue weighted by Crippen LogP contribution is 2.11. The van der Waals surface area contributed by atoms with Crippen molar-refractivity contribution in [2.45, 2.75) is 13.1 Å². The van der Waals surface area contributed by atoms with Crippen molar-refractivity contribution < 1.29 is 4.79 Å². The van der Waals surface area contributed by atoms with Gasteiger partial charge in [0.05, 0.1) is 6.33 Å². The van der Waals surface area contributed by atoms with Crippen LogP contribution in [0.15, 0.2) is 73.3 Å². The summed E-state index contributed by atoms with van der Waals surface area (Å²) in [5.74, 6) is -0.137. The fraction of sp³-hybridized carbons (Fsp3) is 0.100. The van der Waals surface area contributed by atoms with Crippen LogP contribution in [-0.2, 0) is 17.9 Å². The minimum Gasteiger partial charge on any atom is -0.348 e. The Morgan fingerprint density at radius 1 is 1.16 bits per heavy atom. The SMILES string of the molecule is O=C(/C=C/c1cccc(Cl)c1)NCc1ccc(Cn2ccnc2)cc1. The summed E-state index contributed by atoms with van der Waals surface area (Å²) in [5.41, 5.74) is 3.14. The predicted octanol–water partition coefficient (Wildman–Crippen LogP) is 3.91. The molecule has 25 heavy (non-hydrogen) atoms. The Labute approximate surface area is 151 Å². The summed E-state index contributed by atoms with van der Waals surface area (Å²) >= 11 is 5.92. The maximum absolute atomic E-state index is 11.9. The summed E-state index contributed by atoms with van der Waals surface area (Å²) in [6.07, 6.45) is 8.75. The van der Waals surface area contributed by atoms with Crippen LogP contribution in [-0.4, -0.2) is 15.5 Å². The molecule has 0 bridgehead atoms. The number of nitrogens with one attached hydrogen (secondary N) is 1. The van der Waals surface area contributed by atoms with E-state index >= 15 is 0 Å². The largest absolute Gasteiger partial charge is 0.348 e. The van der Waals surface area contributed by atoms with E-state index in [1.165, 1.54) is 11.6 Å². The lowest BCUT2D eigenvalue weighted by molar-refractivity contribution is -0.116. The monoisotopic (exact) mass is 351 g/mol. The number of carbonyl (C=O) groups is 1. The Balaban J connectivity index is 1.50. The molecule has 0 saturated heterocycles. The molecule has 0 fully saturated rings. The van der Waals surface area contributed by atoms with Crippen molar-refractivity contribution in [3.8, 4) is 0 Å². The number of carbonyl (C=O) groups excluding carboxylic acids is 1. The Bertz CT molecular complexity index is 855. The second kappa shape index (κ2) is 8.31. The molecular weight excluding hydrogens is 334 g/mol. The van der Waals surface area contributed by atoms with Crippen molar-refractivity contribution in [3.63, 3.8) is 0 Å². The van der Waals surface area contributed by atoms with Gasteiger partial charge in [-0.1, -0.05) is 48.0 Å². The van der Waals surface area contributed by atoms with Crippen molar-refractivity contribution in [1.82, 2.24) is 14.9 Å². The second-order valence-corrected chi connectivity index (χ2v) is 6.09. The van der Waals surface area contributed by atoms with E-state index in [4.69, 9.17) is 11.6 Å². The van der Waals surface area contributed by atoms with Crippen LogP contribution in [0.2, 0.25) is 5.02 Å². The number of halogens is 1. The molecule has 4 nitrogen and oxygen atoms in total. The lowest BCUT2D eigenvalue weighted by atomic mass is 10.1. The first kappa shape index (κ1) is 17.0. The molecule has 1 amide bonds. The highest BCUT2D eigenvalue weighted by molar-refractivity contribution is 6.30. The number of hydrogen-bond donors (Lipinski definition) is 1. The third-order valence-electron chi connectivity index (χ3n) is 3.69. The summed E-state index contributed by atoms with van der Waals surface area (Å²) in [6.45, 7) is 1.28. The first-order valence-electron chi connectivity index (χ1n) is 7.94. The van der Waals surface area contributed by atoms with Gasteiger partial charge in [-0.3, -0.25) is 4.79 Å². The van der Waals surface area contributed by atoms with E-state index in [9.17, 15) is 4.79 Å². The van der Waals surface area contributed by atoms with Crippen molar-refractivity contribution in [2.75, 3.05) is 0 Å². The van der Waals surface area contributed by atoms with Crippen LogP contribution in [0.1, 0.15) is 16.7 Å². The smallest absolute Gasteiger partial charge is 0.244 e. The van der Waals surface area contributed by atoms with Gasteiger partial charge in [-0.2, -0.15) is 0 Å². The summed E-state index contributed by atoms with van der Waals surface area (Å²) in [4.78, 5) is 15.9. The third-order valence-corrected chi connectivity index (χ3v) is 3.92. The van der Waals surface area contributed by atoms with Gasteiger partial charge in [0.25, 0.3) is 0 Å². The van der Waals surface area contributed by atoms with Crippen molar-refractivity contribution >= 4 is 23.6 Å². The van der Waals surface area contributed by atoms with E-state index in [1.54, 1.807) is 24.7 Å². The van der Waals surface area contributed by atoms with Gasteiger partial charge in [-0.25, -0.2) is 4.98 Å². The maximum Gasteiger partial charge on any atom is 0.244 e. The van der Waals surface area contributed by atoms with E-state index in [0.29, 0.717) is 11.6 Å². The summed E-state index contributed by atoms with van der Waals surface area (Å²) in [6, 6.07) is 15.5. The number of nitrogens with zero attached hydrogens (tertiary/aromatic N) is 2. The Kier molecular flexibility index (Phi) is 5.65. The van der Waals surface area contributed by atoms with Crippen LogP contribution in [0.5, 0.6) is 0 Å². The van der Waals surface area contributed by atoms with E-state index < -0.39 is 0 Å². The van der Waals surface area contributed by atoms with Gasteiger partial charge in [0, 0.05) is 36.6 Å². The zero-order valence-corrected chi connectivity index (χ0v) is 14.4. The number of amides is 1. The van der Waals surface area contributed by atoms with Crippen molar-refractivity contribution in [1.29, 1.82) is 0 Å². The summed E-state index contributed by atoms with van der Waals surface area (Å²) in [7, 11) is 0. The average molecular weight is 352 g/mol. The Morgan fingerprint density at radius 3 is 2.68 bits per heavy atom. The van der Waals surface area contributed by atoms with Gasteiger partial charge in [-0.15, -0.1) is 0 Å². The molecule has 126 valence electrons. The molecule has 1 heterocycles. The molecule has 1 aromatic heterocycles. The fourth-order valence-electron chi connectivity index (χ4n) is 2.38. The lowest BCUT2D eigenvalue weighted by Crippen LogP contribution is -2.20. The normalized spacial score (nSPS) is 10.9. The second-order valence-electron chi connectivity index (χ2n) is 5.66. The molecule has 0 atom stereocenters. The van der Waals surface area contributed by atoms with Crippen LogP contribution in [0.25, 0.3) is 6.08 Å². The lowest BCUT2D eigenvalue weighted by Gasteiger charge is -2.06. The van der Waals surface area contributed by atoms with Crippen LogP contribution in [0.3, 0.4) is 0 Å². The van der Waals surface area contributed by atoms with Crippen molar-refractivity contribution in [3.05, 3.63) is 95.0 Å².